The van der Waals surface area contributed by atoms with E-state index in [0.717, 1.165) is 19.3 Å². The van der Waals surface area contributed by atoms with Crippen LogP contribution in [-0.4, -0.2) is 80.1 Å². The first kappa shape index (κ1) is 31.7. The molecule has 0 aromatic heterocycles. The van der Waals surface area contributed by atoms with Gasteiger partial charge >= 0.3 is 5.97 Å². The van der Waals surface area contributed by atoms with Crippen LogP contribution in [0.25, 0.3) is 0 Å². The minimum atomic E-state index is -0.789. The van der Waals surface area contributed by atoms with Gasteiger partial charge in [0.2, 0.25) is 11.8 Å². The number of carbonyl (C=O) groups is 3. The summed E-state index contributed by atoms with van der Waals surface area (Å²) in [6, 6.07) is -1.31. The average molecular weight is 563 g/mol. The first-order valence-corrected chi connectivity index (χ1v) is 15.3. The third-order valence-electron chi connectivity index (χ3n) is 9.15. The minimum Gasteiger partial charge on any atom is -0.461 e. The lowest BCUT2D eigenvalue weighted by molar-refractivity contribution is -0.154. The van der Waals surface area contributed by atoms with Crippen LogP contribution in [0.3, 0.4) is 0 Å². The number of thioether (sulfide) groups is 1. The maximum absolute atomic E-state index is 14.9. The fourth-order valence-electron chi connectivity index (χ4n) is 7.72. The Labute approximate surface area is 239 Å². The highest BCUT2D eigenvalue weighted by Crippen LogP contribution is 2.69. The smallest absolute Gasteiger partial charge is 0.311 e. The van der Waals surface area contributed by atoms with Gasteiger partial charge in [0.05, 0.1) is 29.2 Å². The molecule has 7 nitrogen and oxygen atoms in total. The van der Waals surface area contributed by atoms with Crippen LogP contribution in [0.5, 0.6) is 0 Å². The van der Waals surface area contributed by atoms with Crippen LogP contribution in [0.1, 0.15) is 74.7 Å². The highest BCUT2D eigenvalue weighted by atomic mass is 32.2. The second kappa shape index (κ2) is 11.6. The molecule has 0 aromatic rings. The Morgan fingerprint density at radius 3 is 2.41 bits per heavy atom. The molecule has 8 heteroatoms. The van der Waals surface area contributed by atoms with Crippen molar-refractivity contribution in [2.75, 3.05) is 19.8 Å². The largest absolute Gasteiger partial charge is 0.461 e. The number of ether oxygens (including phenoxy) is 1. The summed E-state index contributed by atoms with van der Waals surface area (Å²) in [6.07, 6.45) is 5.51. The Morgan fingerprint density at radius 2 is 1.90 bits per heavy atom. The third-order valence-corrected chi connectivity index (χ3v) is 11.2. The molecule has 220 valence electrons. The van der Waals surface area contributed by atoms with Crippen LogP contribution in [-0.2, 0) is 19.1 Å². The number of hydrogen-bond donors (Lipinski definition) is 1. The Hall–Kier alpha value is -1.80. The predicted octanol–water partition coefficient (Wildman–Crippen LogP) is 4.69. The highest BCUT2D eigenvalue weighted by Gasteiger charge is 2.77. The Bertz CT molecular complexity index is 975. The number of amides is 2. The summed E-state index contributed by atoms with van der Waals surface area (Å²) in [6.45, 7) is 24.6. The normalized spacial score (nSPS) is 31.6. The molecule has 3 saturated heterocycles. The zero-order valence-electron chi connectivity index (χ0n) is 25.2. The van der Waals surface area contributed by atoms with Crippen molar-refractivity contribution in [3.05, 3.63) is 25.3 Å². The molecule has 3 fully saturated rings. The van der Waals surface area contributed by atoms with Gasteiger partial charge in [-0.3, -0.25) is 14.4 Å². The molecule has 3 aliphatic heterocycles. The van der Waals surface area contributed by atoms with Gasteiger partial charge in [-0.15, -0.1) is 18.3 Å². The topological polar surface area (TPSA) is 87.2 Å². The van der Waals surface area contributed by atoms with Crippen molar-refractivity contribution in [2.45, 2.75) is 102 Å². The summed E-state index contributed by atoms with van der Waals surface area (Å²) in [5, 5.41) is 10.5. The molecule has 3 unspecified atom stereocenters. The zero-order chi connectivity index (χ0) is 29.5. The second-order valence-corrected chi connectivity index (χ2v) is 15.2. The van der Waals surface area contributed by atoms with Crippen LogP contribution >= 0.6 is 11.8 Å². The summed E-state index contributed by atoms with van der Waals surface area (Å²) in [5.74, 6) is -2.00. The van der Waals surface area contributed by atoms with Gasteiger partial charge in [0, 0.05) is 17.3 Å². The summed E-state index contributed by atoms with van der Waals surface area (Å²) in [5.41, 5.74) is -0.543. The number of rotatable bonds is 12. The molecule has 0 radical (unpaired) electrons. The van der Waals surface area contributed by atoms with Gasteiger partial charge < -0.3 is 19.6 Å². The fraction of sp³-hybridized carbons (Fsp3) is 0.774. The molecule has 0 saturated carbocycles. The van der Waals surface area contributed by atoms with Gasteiger partial charge in [0.25, 0.3) is 0 Å². The standard InChI is InChI=1S/C31H50N2O5S/c1-11-14-32(30(9,10)18-29(6,7)8)27(36)25-31-20(5)16-22(39-31)23(28(37)38-15-12-2)24(31)26(35)33(25)21(17-34)19(4)13-3/h11-12,19-25,34H,1-2,13-18H2,3-10H3/t19-,20?,21-,22-,23+,24-,25?,31?/m0/s1. The summed E-state index contributed by atoms with van der Waals surface area (Å²) in [7, 11) is 0. The lowest BCUT2D eigenvalue weighted by Crippen LogP contribution is -2.63. The van der Waals surface area contributed by atoms with Crippen LogP contribution in [0, 0.1) is 29.1 Å². The quantitative estimate of drug-likeness (QED) is 0.274. The van der Waals surface area contributed by atoms with E-state index in [9.17, 15) is 19.5 Å². The molecule has 1 spiro atoms. The lowest BCUT2D eigenvalue weighted by Gasteiger charge is -2.48. The molecule has 2 bridgehead atoms. The number of fused-ring (bicyclic) bond motifs is 1. The van der Waals surface area contributed by atoms with Crippen molar-refractivity contribution >= 4 is 29.5 Å². The van der Waals surface area contributed by atoms with Crippen molar-refractivity contribution in [3.8, 4) is 0 Å². The van der Waals surface area contributed by atoms with Gasteiger partial charge in [-0.05, 0) is 43.9 Å². The Kier molecular flexibility index (Phi) is 9.43. The zero-order valence-corrected chi connectivity index (χ0v) is 26.1. The van der Waals surface area contributed by atoms with Gasteiger partial charge in [-0.2, -0.15) is 0 Å². The number of carbonyl (C=O) groups excluding carboxylic acids is 3. The second-order valence-electron chi connectivity index (χ2n) is 13.6. The third kappa shape index (κ3) is 5.44. The van der Waals surface area contributed by atoms with E-state index in [1.807, 2.05) is 18.7 Å². The fourth-order valence-corrected chi connectivity index (χ4v) is 10.1. The van der Waals surface area contributed by atoms with E-state index in [1.54, 1.807) is 22.7 Å². The van der Waals surface area contributed by atoms with E-state index >= 15 is 0 Å². The number of likely N-dealkylation sites (tertiary alicyclic amines) is 1. The predicted molar refractivity (Wildman–Crippen MR) is 157 cm³/mol. The molecule has 0 aromatic carbocycles. The average Bonchev–Trinajstić information content (AvgIpc) is 3.43. The van der Waals surface area contributed by atoms with Crippen molar-refractivity contribution in [2.24, 2.45) is 29.1 Å². The number of aliphatic hydroxyl groups is 1. The summed E-state index contributed by atoms with van der Waals surface area (Å²) < 4.78 is 4.73. The van der Waals surface area contributed by atoms with E-state index in [2.05, 4.69) is 54.7 Å². The van der Waals surface area contributed by atoms with Crippen LogP contribution in [0.2, 0.25) is 0 Å². The monoisotopic (exact) mass is 562 g/mol. The Morgan fingerprint density at radius 1 is 1.26 bits per heavy atom. The van der Waals surface area contributed by atoms with E-state index < -0.39 is 40.2 Å². The molecule has 0 aliphatic carbocycles. The first-order chi connectivity index (χ1) is 18.1. The number of hydrogen-bond acceptors (Lipinski definition) is 6. The molecule has 3 heterocycles. The van der Waals surface area contributed by atoms with E-state index in [4.69, 9.17) is 4.74 Å². The highest BCUT2D eigenvalue weighted by molar-refractivity contribution is 8.02. The Balaban J connectivity index is 2.19. The van der Waals surface area contributed by atoms with E-state index in [0.29, 0.717) is 6.54 Å². The van der Waals surface area contributed by atoms with Crippen molar-refractivity contribution in [1.29, 1.82) is 0 Å². The van der Waals surface area contributed by atoms with Gasteiger partial charge in [-0.25, -0.2) is 0 Å². The maximum atomic E-state index is 14.9. The maximum Gasteiger partial charge on any atom is 0.311 e. The molecule has 3 rings (SSSR count). The van der Waals surface area contributed by atoms with Crippen molar-refractivity contribution < 1.29 is 24.2 Å². The van der Waals surface area contributed by atoms with Crippen molar-refractivity contribution in [1.82, 2.24) is 9.80 Å². The molecule has 39 heavy (non-hydrogen) atoms. The number of aliphatic hydroxyl groups excluding tert-OH is 1. The van der Waals surface area contributed by atoms with E-state index in [1.165, 1.54) is 6.08 Å². The molecule has 1 N–H and O–H groups in total. The van der Waals surface area contributed by atoms with E-state index in [-0.39, 0.29) is 47.5 Å². The van der Waals surface area contributed by atoms with Crippen LogP contribution in [0.4, 0.5) is 0 Å². The summed E-state index contributed by atoms with van der Waals surface area (Å²) >= 11 is 1.63. The number of nitrogens with zero attached hydrogens (tertiary/aromatic N) is 2. The molecule has 2 amide bonds. The lowest BCUT2D eigenvalue weighted by atomic mass is 9.66. The van der Waals surface area contributed by atoms with Crippen molar-refractivity contribution in [3.63, 3.8) is 0 Å². The first-order valence-electron chi connectivity index (χ1n) is 14.4. The molecular weight excluding hydrogens is 512 g/mol. The van der Waals surface area contributed by atoms with Gasteiger partial charge in [0.1, 0.15) is 12.6 Å². The summed E-state index contributed by atoms with van der Waals surface area (Å²) in [4.78, 5) is 46.3. The molecule has 8 atom stereocenters. The molecular formula is C31H50N2O5S. The molecule has 3 aliphatic rings. The van der Waals surface area contributed by atoms with Crippen LogP contribution in [0.15, 0.2) is 25.3 Å². The van der Waals surface area contributed by atoms with Gasteiger partial charge in [0.15, 0.2) is 0 Å². The number of esters is 1. The minimum absolute atomic E-state index is 0.0245. The van der Waals surface area contributed by atoms with Gasteiger partial charge in [-0.1, -0.05) is 66.7 Å². The SMILES string of the molecule is C=CCOC(=O)[C@@H]1[C@@H]2CC(C)C3(S2)C(C(=O)N(CC=C)C(C)(C)CC(C)(C)C)N([C@@H](CO)[C@@H](C)CC)C(=O)[C@H]13. The van der Waals surface area contributed by atoms with Crippen LogP contribution < -0.4 is 0 Å².